The Morgan fingerprint density at radius 1 is 1.00 bits per heavy atom. The molecule has 2 atom stereocenters. The molecule has 122 valence electrons. The fraction of sp³-hybridized carbons (Fsp3) is 0.222. The topological polar surface area (TPSA) is 37.4 Å². The number of amides is 2. The zero-order valence-corrected chi connectivity index (χ0v) is 16.5. The number of hydrogen-bond donors (Lipinski definition) is 0. The number of alkyl halides is 2. The summed E-state index contributed by atoms with van der Waals surface area (Å²) >= 11 is 13.1. The normalized spacial score (nSPS) is 27.3. The first-order valence-electron chi connectivity index (χ1n) is 7.40. The average molecular weight is 470 g/mol. The van der Waals surface area contributed by atoms with Gasteiger partial charge in [-0.1, -0.05) is 73.3 Å². The van der Waals surface area contributed by atoms with E-state index in [2.05, 4.69) is 31.9 Å². The Balaban J connectivity index is 1.83. The first kappa shape index (κ1) is 16.3. The van der Waals surface area contributed by atoms with E-state index >= 15 is 0 Å². The molecule has 0 bridgehead atoms. The molecule has 1 saturated carbocycles. The number of imide groups is 1. The van der Waals surface area contributed by atoms with Gasteiger partial charge in [-0.25, -0.2) is 4.90 Å². The number of rotatable bonds is 2. The summed E-state index contributed by atoms with van der Waals surface area (Å²) in [5.41, 5.74) is 1.51. The molecule has 0 aromatic heterocycles. The van der Waals surface area contributed by atoms with Crippen LogP contribution in [0.1, 0.15) is 11.1 Å². The highest BCUT2D eigenvalue weighted by Gasteiger charge is 2.88. The van der Waals surface area contributed by atoms with Crippen LogP contribution in [0.4, 0.5) is 5.69 Å². The number of fused-ring (bicyclic) bond motifs is 1. The molecule has 6 heteroatoms. The molecule has 2 amide bonds. The quantitative estimate of drug-likeness (QED) is 0.477. The first-order valence-corrected chi connectivity index (χ1v) is 9.37. The van der Waals surface area contributed by atoms with Crippen LogP contribution in [0.25, 0.3) is 0 Å². The summed E-state index contributed by atoms with van der Waals surface area (Å²) in [6, 6.07) is 14.5. The fourth-order valence-electron chi connectivity index (χ4n) is 3.55. The van der Waals surface area contributed by atoms with Crippen molar-refractivity contribution in [2.45, 2.75) is 15.6 Å². The smallest absolute Gasteiger partial charge is 0.247 e. The molecule has 2 aliphatic rings. The van der Waals surface area contributed by atoms with E-state index in [1.165, 1.54) is 4.90 Å². The van der Waals surface area contributed by atoms with Crippen molar-refractivity contribution in [2.75, 3.05) is 4.90 Å². The van der Waals surface area contributed by atoms with Gasteiger partial charge in [-0.15, -0.1) is 0 Å². The molecule has 0 spiro atoms. The number of aryl methyl sites for hydroxylation is 1. The molecular formula is C18H12Br2ClNO2. The highest BCUT2D eigenvalue weighted by Crippen LogP contribution is 2.75. The number of benzene rings is 2. The van der Waals surface area contributed by atoms with Crippen LogP contribution < -0.4 is 4.90 Å². The van der Waals surface area contributed by atoms with Gasteiger partial charge in [-0.3, -0.25) is 9.59 Å². The van der Waals surface area contributed by atoms with Crippen LogP contribution in [0.5, 0.6) is 0 Å². The van der Waals surface area contributed by atoms with Gasteiger partial charge in [0.25, 0.3) is 0 Å². The molecule has 4 rings (SSSR count). The largest absolute Gasteiger partial charge is 0.274 e. The lowest BCUT2D eigenvalue weighted by Crippen LogP contribution is -2.41. The second-order valence-corrected chi connectivity index (χ2v) is 10.2. The highest BCUT2D eigenvalue weighted by molar-refractivity contribution is 9.25. The number of halogens is 3. The van der Waals surface area contributed by atoms with E-state index in [4.69, 9.17) is 11.6 Å². The number of piperidine rings is 1. The van der Waals surface area contributed by atoms with E-state index in [9.17, 15) is 9.59 Å². The molecule has 0 radical (unpaired) electrons. The zero-order chi connectivity index (χ0) is 17.3. The number of hydrogen-bond acceptors (Lipinski definition) is 2. The number of nitrogens with zero attached hydrogens (tertiary/aromatic N) is 1. The van der Waals surface area contributed by atoms with Gasteiger partial charge < -0.3 is 0 Å². The molecule has 1 aliphatic carbocycles. The van der Waals surface area contributed by atoms with Crippen molar-refractivity contribution in [1.82, 2.24) is 0 Å². The molecule has 2 fully saturated rings. The van der Waals surface area contributed by atoms with E-state index in [0.717, 1.165) is 11.1 Å². The van der Waals surface area contributed by atoms with Crippen LogP contribution >= 0.6 is 43.5 Å². The van der Waals surface area contributed by atoms with Crippen molar-refractivity contribution in [3.63, 3.8) is 0 Å². The van der Waals surface area contributed by atoms with Gasteiger partial charge in [0.05, 0.1) is 11.6 Å². The molecule has 24 heavy (non-hydrogen) atoms. The monoisotopic (exact) mass is 467 g/mol. The van der Waals surface area contributed by atoms with E-state index in [1.807, 2.05) is 31.2 Å². The molecular weight excluding hydrogens is 457 g/mol. The third-order valence-corrected chi connectivity index (χ3v) is 7.26. The molecule has 0 N–H and O–H groups in total. The molecule has 1 saturated heterocycles. The maximum atomic E-state index is 13.3. The van der Waals surface area contributed by atoms with E-state index in [0.29, 0.717) is 10.7 Å². The van der Waals surface area contributed by atoms with Crippen molar-refractivity contribution >= 4 is 61.0 Å². The predicted molar refractivity (Wildman–Crippen MR) is 101 cm³/mol. The summed E-state index contributed by atoms with van der Waals surface area (Å²) in [5.74, 6) is -0.912. The predicted octanol–water partition coefficient (Wildman–Crippen LogP) is 4.58. The molecule has 3 nitrogen and oxygen atoms in total. The SMILES string of the molecule is Cc1ccc(N2C(=O)C3C(Br)(Br)C3(c3ccc(Cl)cc3)C2=O)cc1. The molecule has 2 unspecified atom stereocenters. The van der Waals surface area contributed by atoms with Crippen LogP contribution in [0.2, 0.25) is 5.02 Å². The van der Waals surface area contributed by atoms with Gasteiger partial charge in [0, 0.05) is 5.02 Å². The lowest BCUT2D eigenvalue weighted by atomic mass is 9.94. The molecule has 1 aliphatic heterocycles. The Hall–Kier alpha value is -1.17. The Morgan fingerprint density at radius 3 is 2.17 bits per heavy atom. The summed E-state index contributed by atoms with van der Waals surface area (Å²) in [5, 5.41) is 0.592. The van der Waals surface area contributed by atoms with Gasteiger partial charge in [-0.2, -0.15) is 0 Å². The Morgan fingerprint density at radius 2 is 1.58 bits per heavy atom. The van der Waals surface area contributed by atoms with Crippen molar-refractivity contribution in [3.8, 4) is 0 Å². The second-order valence-electron chi connectivity index (χ2n) is 6.19. The van der Waals surface area contributed by atoms with Gasteiger partial charge in [0.1, 0.15) is 8.65 Å². The Bertz CT molecular complexity index is 864. The van der Waals surface area contributed by atoms with Crippen molar-refractivity contribution < 1.29 is 9.59 Å². The van der Waals surface area contributed by atoms with Crippen LogP contribution in [-0.2, 0) is 15.0 Å². The van der Waals surface area contributed by atoms with E-state index < -0.39 is 14.6 Å². The lowest BCUT2D eigenvalue weighted by Gasteiger charge is -2.24. The maximum Gasteiger partial charge on any atom is 0.247 e. The van der Waals surface area contributed by atoms with Crippen LogP contribution in [0.15, 0.2) is 48.5 Å². The highest BCUT2D eigenvalue weighted by atomic mass is 79.9. The molecule has 2 aromatic carbocycles. The minimum atomic E-state index is -0.945. The molecule has 2 aromatic rings. The summed E-state index contributed by atoms with van der Waals surface area (Å²) in [4.78, 5) is 27.5. The minimum absolute atomic E-state index is 0.201. The van der Waals surface area contributed by atoms with Crippen LogP contribution in [0.3, 0.4) is 0 Å². The Kier molecular flexibility index (Phi) is 3.51. The summed E-state index contributed by atoms with van der Waals surface area (Å²) < 4.78 is -0.754. The van der Waals surface area contributed by atoms with E-state index in [-0.39, 0.29) is 11.8 Å². The van der Waals surface area contributed by atoms with Crippen LogP contribution in [-0.4, -0.2) is 15.0 Å². The zero-order valence-electron chi connectivity index (χ0n) is 12.6. The van der Waals surface area contributed by atoms with Gasteiger partial charge in [0.15, 0.2) is 0 Å². The summed E-state index contributed by atoms with van der Waals surface area (Å²) in [6.45, 7) is 1.96. The minimum Gasteiger partial charge on any atom is -0.274 e. The van der Waals surface area contributed by atoms with Gasteiger partial charge >= 0.3 is 0 Å². The average Bonchev–Trinajstić information content (AvgIpc) is 2.95. The van der Waals surface area contributed by atoms with E-state index in [1.54, 1.807) is 24.3 Å². The van der Waals surface area contributed by atoms with Crippen molar-refractivity contribution in [3.05, 3.63) is 64.7 Å². The summed E-state index contributed by atoms with van der Waals surface area (Å²) in [7, 11) is 0. The van der Waals surface area contributed by atoms with Gasteiger partial charge in [-0.05, 0) is 36.8 Å². The first-order chi connectivity index (χ1) is 11.3. The van der Waals surface area contributed by atoms with Gasteiger partial charge in [0.2, 0.25) is 11.8 Å². The van der Waals surface area contributed by atoms with Crippen molar-refractivity contribution in [1.29, 1.82) is 0 Å². The number of carbonyl (C=O) groups is 2. The maximum absolute atomic E-state index is 13.3. The summed E-state index contributed by atoms with van der Waals surface area (Å²) in [6.07, 6.45) is 0. The second kappa shape index (κ2) is 5.16. The van der Waals surface area contributed by atoms with Crippen molar-refractivity contribution in [2.24, 2.45) is 5.92 Å². The number of carbonyl (C=O) groups excluding carboxylic acids is 2. The third kappa shape index (κ3) is 1.89. The number of anilines is 1. The Labute approximate surface area is 161 Å². The third-order valence-electron chi connectivity index (χ3n) is 4.84. The standard InChI is InChI=1S/C18H12Br2ClNO2/c1-10-2-8-13(9-3-10)22-15(23)14-17(16(22)24,18(14,19)20)11-4-6-12(21)7-5-11/h2-9,14H,1H3. The lowest BCUT2D eigenvalue weighted by molar-refractivity contribution is -0.124. The fourth-order valence-corrected chi connectivity index (χ4v) is 5.78. The molecule has 1 heterocycles. The van der Waals surface area contributed by atoms with Crippen LogP contribution in [0, 0.1) is 12.8 Å².